The molecule has 0 atom stereocenters. The highest BCUT2D eigenvalue weighted by molar-refractivity contribution is 5.99. The number of carbonyl (C=O) groups excluding carboxylic acids is 1. The Morgan fingerprint density at radius 3 is 2.88 bits per heavy atom. The van der Waals surface area contributed by atoms with Crippen molar-refractivity contribution in [2.24, 2.45) is 0 Å². The quantitative estimate of drug-likeness (QED) is 0.721. The molecule has 4 heteroatoms. The van der Waals surface area contributed by atoms with Gasteiger partial charge in [-0.05, 0) is 31.9 Å². The second-order valence-electron chi connectivity index (χ2n) is 4.36. The number of hydrogen-bond donors (Lipinski definition) is 0. The fourth-order valence-electron chi connectivity index (χ4n) is 2.15. The van der Waals surface area contributed by atoms with Gasteiger partial charge in [-0.15, -0.1) is 10.2 Å². The van der Waals surface area contributed by atoms with Gasteiger partial charge >= 0.3 is 0 Å². The van der Waals surface area contributed by atoms with Gasteiger partial charge in [0.05, 0.1) is 5.56 Å². The molecule has 0 N–H and O–H groups in total. The molecular weight excluding hydrogens is 202 g/mol. The van der Waals surface area contributed by atoms with Crippen molar-refractivity contribution >= 4 is 11.4 Å². The summed E-state index contributed by atoms with van der Waals surface area (Å²) in [6.07, 6.45) is 5.58. The van der Waals surface area contributed by atoms with Crippen LogP contribution in [0.15, 0.2) is 18.3 Å². The number of pyridine rings is 1. The predicted octanol–water partition coefficient (Wildman–Crippen LogP) is 2.20. The van der Waals surface area contributed by atoms with Crippen LogP contribution in [0.4, 0.5) is 0 Å². The Bertz CT molecular complexity index is 554. The lowest BCUT2D eigenvalue weighted by molar-refractivity contribution is 0.101. The smallest absolute Gasteiger partial charge is 0.171 e. The normalized spacial score (nSPS) is 16.3. The molecule has 0 aliphatic heterocycles. The summed E-state index contributed by atoms with van der Waals surface area (Å²) in [7, 11) is 0. The highest BCUT2D eigenvalue weighted by Gasteiger charge is 2.25. The van der Waals surface area contributed by atoms with Gasteiger partial charge in [0, 0.05) is 12.1 Å². The number of hydrogen-bond acceptors (Lipinski definition) is 3. The van der Waals surface area contributed by atoms with Crippen molar-refractivity contribution in [3.05, 3.63) is 29.7 Å². The second-order valence-corrected chi connectivity index (χ2v) is 4.36. The first-order valence-corrected chi connectivity index (χ1v) is 5.62. The minimum atomic E-state index is 0.0400. The first kappa shape index (κ1) is 9.51. The lowest BCUT2D eigenvalue weighted by Crippen LogP contribution is -2.12. The van der Waals surface area contributed by atoms with E-state index in [1.807, 2.05) is 16.7 Å². The third-order valence-electron chi connectivity index (χ3n) is 3.31. The number of carbonyl (C=O) groups is 1. The Labute approximate surface area is 93.3 Å². The Morgan fingerprint density at radius 1 is 1.44 bits per heavy atom. The fraction of sp³-hybridized carbons (Fsp3) is 0.417. The Balaban J connectivity index is 2.19. The number of Topliss-reactive ketones (excluding diaryl/α,β-unsaturated/α-hetero) is 1. The molecule has 4 nitrogen and oxygen atoms in total. The molecule has 0 bridgehead atoms. The van der Waals surface area contributed by atoms with E-state index in [9.17, 15) is 4.79 Å². The standard InChI is InChI=1S/C12H13N3O/c1-8(16)10-6-3-7-15-11(9-4-2-5-9)13-14-12(10)15/h3,6-7,9H,2,4-5H2,1H3. The van der Waals surface area contributed by atoms with Crippen LogP contribution >= 0.6 is 0 Å². The molecule has 82 valence electrons. The van der Waals surface area contributed by atoms with Gasteiger partial charge in [-0.1, -0.05) is 6.42 Å². The van der Waals surface area contributed by atoms with Gasteiger partial charge in [0.2, 0.25) is 0 Å². The molecule has 0 radical (unpaired) electrons. The first-order valence-electron chi connectivity index (χ1n) is 5.62. The van der Waals surface area contributed by atoms with E-state index in [4.69, 9.17) is 0 Å². The summed E-state index contributed by atoms with van der Waals surface area (Å²) < 4.78 is 1.96. The largest absolute Gasteiger partial charge is 0.294 e. The first-order chi connectivity index (χ1) is 7.77. The molecule has 1 aliphatic carbocycles. The van der Waals surface area contributed by atoms with E-state index >= 15 is 0 Å². The Morgan fingerprint density at radius 2 is 2.25 bits per heavy atom. The molecule has 2 aromatic heterocycles. The zero-order valence-corrected chi connectivity index (χ0v) is 9.18. The van der Waals surface area contributed by atoms with Crippen LogP contribution < -0.4 is 0 Å². The summed E-state index contributed by atoms with van der Waals surface area (Å²) in [5, 5.41) is 8.36. The van der Waals surface area contributed by atoms with Crippen LogP contribution in [0, 0.1) is 0 Å². The fourth-order valence-corrected chi connectivity index (χ4v) is 2.15. The maximum Gasteiger partial charge on any atom is 0.171 e. The van der Waals surface area contributed by atoms with Gasteiger partial charge < -0.3 is 0 Å². The second kappa shape index (κ2) is 3.40. The van der Waals surface area contributed by atoms with E-state index in [0.717, 1.165) is 5.82 Å². The lowest BCUT2D eigenvalue weighted by Gasteiger charge is -2.23. The number of rotatable bonds is 2. The summed E-state index contributed by atoms with van der Waals surface area (Å²) in [5.74, 6) is 1.57. The average molecular weight is 215 g/mol. The molecule has 2 aromatic rings. The summed E-state index contributed by atoms with van der Waals surface area (Å²) in [6.45, 7) is 1.56. The monoisotopic (exact) mass is 215 g/mol. The molecule has 0 amide bonds. The third-order valence-corrected chi connectivity index (χ3v) is 3.31. The zero-order valence-electron chi connectivity index (χ0n) is 9.18. The maximum absolute atomic E-state index is 11.4. The summed E-state index contributed by atoms with van der Waals surface area (Å²) in [5.41, 5.74) is 1.34. The van der Waals surface area contributed by atoms with E-state index in [0.29, 0.717) is 17.1 Å². The summed E-state index contributed by atoms with van der Waals surface area (Å²) in [6, 6.07) is 3.69. The number of aromatic nitrogens is 3. The van der Waals surface area contributed by atoms with Gasteiger partial charge in [0.25, 0.3) is 0 Å². The minimum Gasteiger partial charge on any atom is -0.294 e. The molecule has 0 aromatic carbocycles. The van der Waals surface area contributed by atoms with Crippen molar-refractivity contribution in [2.45, 2.75) is 32.1 Å². The maximum atomic E-state index is 11.4. The summed E-state index contributed by atoms with van der Waals surface area (Å²) >= 11 is 0. The van der Waals surface area contributed by atoms with E-state index in [1.54, 1.807) is 13.0 Å². The van der Waals surface area contributed by atoms with Gasteiger partial charge in [0.15, 0.2) is 11.4 Å². The molecule has 0 saturated heterocycles. The third kappa shape index (κ3) is 1.26. The Kier molecular flexibility index (Phi) is 2.02. The van der Waals surface area contributed by atoms with Crippen molar-refractivity contribution in [3.8, 4) is 0 Å². The van der Waals surface area contributed by atoms with E-state index < -0.39 is 0 Å². The molecule has 16 heavy (non-hydrogen) atoms. The highest BCUT2D eigenvalue weighted by atomic mass is 16.1. The van der Waals surface area contributed by atoms with Crippen molar-refractivity contribution < 1.29 is 4.79 Å². The van der Waals surface area contributed by atoms with Gasteiger partial charge in [-0.25, -0.2) is 0 Å². The van der Waals surface area contributed by atoms with E-state index in [-0.39, 0.29) is 5.78 Å². The van der Waals surface area contributed by atoms with Crippen LogP contribution in [-0.4, -0.2) is 20.4 Å². The van der Waals surface area contributed by atoms with Gasteiger partial charge in [-0.3, -0.25) is 9.20 Å². The molecule has 0 spiro atoms. The molecular formula is C12H13N3O. The Hall–Kier alpha value is -1.71. The van der Waals surface area contributed by atoms with Crippen LogP contribution in [0.5, 0.6) is 0 Å². The lowest BCUT2D eigenvalue weighted by atomic mass is 9.85. The van der Waals surface area contributed by atoms with Crippen molar-refractivity contribution in [1.29, 1.82) is 0 Å². The van der Waals surface area contributed by atoms with Gasteiger partial charge in [0.1, 0.15) is 5.82 Å². The molecule has 2 heterocycles. The molecule has 1 aliphatic rings. The highest BCUT2D eigenvalue weighted by Crippen LogP contribution is 2.35. The molecule has 1 fully saturated rings. The van der Waals surface area contributed by atoms with Crippen molar-refractivity contribution in [3.63, 3.8) is 0 Å². The number of ketones is 1. The van der Waals surface area contributed by atoms with Crippen LogP contribution in [-0.2, 0) is 0 Å². The van der Waals surface area contributed by atoms with Crippen LogP contribution in [0.2, 0.25) is 0 Å². The number of fused-ring (bicyclic) bond motifs is 1. The molecule has 1 saturated carbocycles. The zero-order chi connectivity index (χ0) is 11.1. The predicted molar refractivity (Wildman–Crippen MR) is 59.6 cm³/mol. The topological polar surface area (TPSA) is 47.3 Å². The van der Waals surface area contributed by atoms with Crippen molar-refractivity contribution in [2.75, 3.05) is 0 Å². The van der Waals surface area contributed by atoms with E-state index in [2.05, 4.69) is 10.2 Å². The van der Waals surface area contributed by atoms with Crippen LogP contribution in [0.1, 0.15) is 48.3 Å². The van der Waals surface area contributed by atoms with Crippen LogP contribution in [0.3, 0.4) is 0 Å². The summed E-state index contributed by atoms with van der Waals surface area (Å²) in [4.78, 5) is 11.4. The van der Waals surface area contributed by atoms with E-state index in [1.165, 1.54) is 19.3 Å². The number of nitrogens with zero attached hydrogens (tertiary/aromatic N) is 3. The minimum absolute atomic E-state index is 0.0400. The average Bonchev–Trinajstić information content (AvgIpc) is 2.59. The molecule has 0 unspecified atom stereocenters. The SMILES string of the molecule is CC(=O)c1cccn2c(C3CCC3)nnc12. The van der Waals surface area contributed by atoms with Crippen molar-refractivity contribution in [1.82, 2.24) is 14.6 Å². The van der Waals surface area contributed by atoms with Crippen LogP contribution in [0.25, 0.3) is 5.65 Å². The van der Waals surface area contributed by atoms with Gasteiger partial charge in [-0.2, -0.15) is 0 Å². The molecule has 3 rings (SSSR count).